The minimum absolute atomic E-state index is 0.307. The number of hydrogen-bond acceptors (Lipinski definition) is 1. The molecule has 0 aliphatic heterocycles. The lowest BCUT2D eigenvalue weighted by Crippen LogP contribution is -2.10. The van der Waals surface area contributed by atoms with Crippen LogP contribution in [0, 0.1) is 20.8 Å². The van der Waals surface area contributed by atoms with Crippen LogP contribution in [0.3, 0.4) is 0 Å². The zero-order valence-corrected chi connectivity index (χ0v) is 13.5. The van der Waals surface area contributed by atoms with Crippen molar-refractivity contribution >= 4 is 21.6 Å². The highest BCUT2D eigenvalue weighted by molar-refractivity contribution is 9.10. The van der Waals surface area contributed by atoms with Gasteiger partial charge in [0.05, 0.1) is 0 Å². The Hall–Kier alpha value is -1.28. The monoisotopic (exact) mass is 317 g/mol. The Bertz CT molecular complexity index is 549. The Kier molecular flexibility index (Phi) is 4.31. The number of aryl methyl sites for hydroxylation is 3. The van der Waals surface area contributed by atoms with Crippen LogP contribution >= 0.6 is 15.9 Å². The van der Waals surface area contributed by atoms with Crippen molar-refractivity contribution in [3.05, 3.63) is 63.1 Å². The molecule has 1 atom stereocenters. The van der Waals surface area contributed by atoms with Gasteiger partial charge in [-0.1, -0.05) is 33.6 Å². The maximum Gasteiger partial charge on any atom is 0.0490 e. The minimum atomic E-state index is 0.307. The van der Waals surface area contributed by atoms with Gasteiger partial charge < -0.3 is 5.32 Å². The molecule has 0 spiro atoms. The predicted octanol–water partition coefficient (Wildman–Crippen LogP) is 5.55. The smallest absolute Gasteiger partial charge is 0.0490 e. The summed E-state index contributed by atoms with van der Waals surface area (Å²) in [6, 6.07) is 13.1. The molecule has 0 aliphatic carbocycles. The standard InChI is InChI=1S/C17H20BrN/c1-11-9-12(2)17(13(3)10-11)14(4)19-16-7-5-15(18)6-8-16/h5-10,14,19H,1-4H3. The first-order valence-electron chi connectivity index (χ1n) is 6.57. The lowest BCUT2D eigenvalue weighted by atomic mass is 9.95. The van der Waals surface area contributed by atoms with E-state index in [1.165, 1.54) is 22.3 Å². The van der Waals surface area contributed by atoms with Gasteiger partial charge in [-0.05, 0) is 68.7 Å². The van der Waals surface area contributed by atoms with Crippen LogP contribution in [0.15, 0.2) is 40.9 Å². The van der Waals surface area contributed by atoms with Gasteiger partial charge in [0.15, 0.2) is 0 Å². The molecule has 100 valence electrons. The molecule has 19 heavy (non-hydrogen) atoms. The number of benzene rings is 2. The normalized spacial score (nSPS) is 12.3. The lowest BCUT2D eigenvalue weighted by Gasteiger charge is -2.21. The third-order valence-electron chi connectivity index (χ3n) is 3.40. The molecule has 0 saturated carbocycles. The summed E-state index contributed by atoms with van der Waals surface area (Å²) in [6.07, 6.45) is 0. The van der Waals surface area contributed by atoms with Gasteiger partial charge in [-0.15, -0.1) is 0 Å². The molecule has 0 amide bonds. The fourth-order valence-corrected chi connectivity index (χ4v) is 3.01. The molecule has 0 heterocycles. The minimum Gasteiger partial charge on any atom is -0.378 e. The third kappa shape index (κ3) is 3.38. The molecule has 0 aromatic heterocycles. The first kappa shape index (κ1) is 14.1. The molecule has 0 fully saturated rings. The number of nitrogens with one attached hydrogen (secondary N) is 1. The molecule has 1 unspecified atom stereocenters. The third-order valence-corrected chi connectivity index (χ3v) is 3.93. The summed E-state index contributed by atoms with van der Waals surface area (Å²) in [5, 5.41) is 3.57. The highest BCUT2D eigenvalue weighted by atomic mass is 79.9. The van der Waals surface area contributed by atoms with Crippen LogP contribution in [-0.2, 0) is 0 Å². The molecular weight excluding hydrogens is 298 g/mol. The highest BCUT2D eigenvalue weighted by Crippen LogP contribution is 2.27. The Labute approximate surface area is 124 Å². The zero-order valence-electron chi connectivity index (χ0n) is 11.9. The molecule has 2 aromatic carbocycles. The topological polar surface area (TPSA) is 12.0 Å². The fourth-order valence-electron chi connectivity index (χ4n) is 2.74. The summed E-state index contributed by atoms with van der Waals surface area (Å²) >= 11 is 3.46. The Morgan fingerprint density at radius 2 is 1.47 bits per heavy atom. The van der Waals surface area contributed by atoms with Crippen LogP contribution in [-0.4, -0.2) is 0 Å². The summed E-state index contributed by atoms with van der Waals surface area (Å²) in [5.41, 5.74) is 6.59. The average molecular weight is 318 g/mol. The van der Waals surface area contributed by atoms with Gasteiger partial charge in [0, 0.05) is 16.2 Å². The van der Waals surface area contributed by atoms with E-state index >= 15 is 0 Å². The first-order valence-corrected chi connectivity index (χ1v) is 7.36. The fraction of sp³-hybridized carbons (Fsp3) is 0.294. The molecule has 0 radical (unpaired) electrons. The van der Waals surface area contributed by atoms with Crippen LogP contribution in [0.4, 0.5) is 5.69 Å². The second-order valence-corrected chi connectivity index (χ2v) is 6.10. The second-order valence-electron chi connectivity index (χ2n) is 5.19. The maximum absolute atomic E-state index is 3.57. The van der Waals surface area contributed by atoms with E-state index in [1.807, 2.05) is 0 Å². The quantitative estimate of drug-likeness (QED) is 0.782. The number of anilines is 1. The molecule has 2 aromatic rings. The SMILES string of the molecule is Cc1cc(C)c(C(C)Nc2ccc(Br)cc2)c(C)c1. The van der Waals surface area contributed by atoms with Crippen molar-refractivity contribution in [2.75, 3.05) is 5.32 Å². The van der Waals surface area contributed by atoms with E-state index in [1.54, 1.807) is 0 Å². The summed E-state index contributed by atoms with van der Waals surface area (Å²) < 4.78 is 1.11. The second kappa shape index (κ2) is 5.79. The first-order chi connectivity index (χ1) is 8.97. The Morgan fingerprint density at radius 3 is 2.00 bits per heavy atom. The van der Waals surface area contributed by atoms with E-state index < -0.39 is 0 Å². The van der Waals surface area contributed by atoms with Crippen LogP contribution in [0.5, 0.6) is 0 Å². The van der Waals surface area contributed by atoms with Gasteiger partial charge >= 0.3 is 0 Å². The van der Waals surface area contributed by atoms with Gasteiger partial charge in [0.25, 0.3) is 0 Å². The summed E-state index contributed by atoms with van der Waals surface area (Å²) in [4.78, 5) is 0. The average Bonchev–Trinajstić information content (AvgIpc) is 2.30. The Balaban J connectivity index is 2.25. The van der Waals surface area contributed by atoms with Gasteiger partial charge in [-0.25, -0.2) is 0 Å². The largest absolute Gasteiger partial charge is 0.378 e. The van der Waals surface area contributed by atoms with Gasteiger partial charge in [0.1, 0.15) is 0 Å². The van der Waals surface area contributed by atoms with Crippen molar-refractivity contribution in [1.82, 2.24) is 0 Å². The van der Waals surface area contributed by atoms with E-state index in [-0.39, 0.29) is 0 Å². The highest BCUT2D eigenvalue weighted by Gasteiger charge is 2.11. The molecule has 1 N–H and O–H groups in total. The molecule has 2 heteroatoms. The lowest BCUT2D eigenvalue weighted by molar-refractivity contribution is 0.862. The summed E-state index contributed by atoms with van der Waals surface area (Å²) in [6.45, 7) is 8.74. The van der Waals surface area contributed by atoms with Crippen molar-refractivity contribution in [2.45, 2.75) is 33.7 Å². The Morgan fingerprint density at radius 1 is 0.947 bits per heavy atom. The van der Waals surface area contributed by atoms with E-state index in [0.717, 1.165) is 10.2 Å². The van der Waals surface area contributed by atoms with E-state index in [0.29, 0.717) is 6.04 Å². The summed E-state index contributed by atoms with van der Waals surface area (Å²) in [5.74, 6) is 0. The van der Waals surface area contributed by atoms with Crippen LogP contribution in [0.2, 0.25) is 0 Å². The van der Waals surface area contributed by atoms with Gasteiger partial charge in [-0.2, -0.15) is 0 Å². The molecule has 0 saturated heterocycles. The maximum atomic E-state index is 3.57. The molecule has 1 nitrogen and oxygen atoms in total. The summed E-state index contributed by atoms with van der Waals surface area (Å²) in [7, 11) is 0. The van der Waals surface area contributed by atoms with E-state index in [9.17, 15) is 0 Å². The van der Waals surface area contributed by atoms with Crippen LogP contribution in [0.1, 0.15) is 35.2 Å². The molecule has 2 rings (SSSR count). The van der Waals surface area contributed by atoms with Crippen LogP contribution in [0.25, 0.3) is 0 Å². The zero-order chi connectivity index (χ0) is 14.0. The van der Waals surface area contributed by atoms with Gasteiger partial charge in [-0.3, -0.25) is 0 Å². The van der Waals surface area contributed by atoms with Crippen molar-refractivity contribution in [1.29, 1.82) is 0 Å². The van der Waals surface area contributed by atoms with E-state index in [2.05, 4.69) is 85.3 Å². The molecular formula is C17H20BrN. The van der Waals surface area contributed by atoms with Crippen molar-refractivity contribution < 1.29 is 0 Å². The molecule has 0 aliphatic rings. The number of hydrogen-bond donors (Lipinski definition) is 1. The van der Waals surface area contributed by atoms with Crippen molar-refractivity contribution in [3.8, 4) is 0 Å². The number of halogens is 1. The predicted molar refractivity (Wildman–Crippen MR) is 86.8 cm³/mol. The van der Waals surface area contributed by atoms with Gasteiger partial charge in [0.2, 0.25) is 0 Å². The molecule has 0 bridgehead atoms. The van der Waals surface area contributed by atoms with Crippen molar-refractivity contribution in [2.24, 2.45) is 0 Å². The van der Waals surface area contributed by atoms with E-state index in [4.69, 9.17) is 0 Å². The number of rotatable bonds is 3. The van der Waals surface area contributed by atoms with Crippen molar-refractivity contribution in [3.63, 3.8) is 0 Å². The van der Waals surface area contributed by atoms with Crippen LogP contribution < -0.4 is 5.32 Å².